The van der Waals surface area contributed by atoms with Gasteiger partial charge in [-0.25, -0.2) is 8.78 Å². The van der Waals surface area contributed by atoms with Crippen LogP contribution in [0.3, 0.4) is 0 Å². The minimum atomic E-state index is -0.496. The molecule has 2 aromatic rings. The summed E-state index contributed by atoms with van der Waals surface area (Å²) >= 11 is 0. The molecule has 0 amide bonds. The van der Waals surface area contributed by atoms with Crippen LogP contribution in [-0.2, 0) is 19.6 Å². The maximum absolute atomic E-state index is 13.6. The Labute approximate surface area is 110 Å². The highest BCUT2D eigenvalue weighted by molar-refractivity contribution is 5.52. The Morgan fingerprint density at radius 1 is 1.00 bits per heavy atom. The molecule has 2 nitrogen and oxygen atoms in total. The number of nitrogens with two attached hydrogens (primary N) is 1. The summed E-state index contributed by atoms with van der Waals surface area (Å²) in [5, 5.41) is 0. The van der Waals surface area contributed by atoms with Crippen LogP contribution in [0.2, 0.25) is 0 Å². The SMILES string of the molecule is Nc1cccc2c1CN(Cc1c(F)cccc1F)C2. The lowest BCUT2D eigenvalue weighted by Gasteiger charge is -2.15. The Hall–Kier alpha value is -1.94. The van der Waals surface area contributed by atoms with Crippen LogP contribution in [-0.4, -0.2) is 4.90 Å². The van der Waals surface area contributed by atoms with Crippen LogP contribution in [0.4, 0.5) is 14.5 Å². The fraction of sp³-hybridized carbons (Fsp3) is 0.200. The molecule has 98 valence electrons. The van der Waals surface area contributed by atoms with Crippen LogP contribution < -0.4 is 5.73 Å². The molecule has 0 atom stereocenters. The van der Waals surface area contributed by atoms with Gasteiger partial charge in [-0.2, -0.15) is 0 Å². The summed E-state index contributed by atoms with van der Waals surface area (Å²) in [6, 6.07) is 9.72. The van der Waals surface area contributed by atoms with E-state index in [0.29, 0.717) is 13.1 Å². The second kappa shape index (κ2) is 4.63. The van der Waals surface area contributed by atoms with E-state index in [1.165, 1.54) is 18.2 Å². The number of nitrogen functional groups attached to an aromatic ring is 1. The van der Waals surface area contributed by atoms with E-state index >= 15 is 0 Å². The van der Waals surface area contributed by atoms with Crippen molar-refractivity contribution in [2.24, 2.45) is 0 Å². The van der Waals surface area contributed by atoms with Gasteiger partial charge in [0.25, 0.3) is 0 Å². The molecule has 1 aliphatic rings. The number of rotatable bonds is 2. The summed E-state index contributed by atoms with van der Waals surface area (Å²) in [7, 11) is 0. The highest BCUT2D eigenvalue weighted by Gasteiger charge is 2.22. The Bertz CT molecular complexity index is 605. The molecule has 0 fully saturated rings. The molecule has 1 heterocycles. The van der Waals surface area contributed by atoms with E-state index in [1.54, 1.807) is 0 Å². The topological polar surface area (TPSA) is 29.3 Å². The summed E-state index contributed by atoms with van der Waals surface area (Å²) < 4.78 is 27.2. The van der Waals surface area contributed by atoms with Crippen molar-refractivity contribution in [2.45, 2.75) is 19.6 Å². The molecule has 3 rings (SSSR count). The molecule has 19 heavy (non-hydrogen) atoms. The van der Waals surface area contributed by atoms with Crippen LogP contribution in [0.5, 0.6) is 0 Å². The number of benzene rings is 2. The van der Waals surface area contributed by atoms with Crippen LogP contribution in [0.15, 0.2) is 36.4 Å². The van der Waals surface area contributed by atoms with Crippen molar-refractivity contribution >= 4 is 5.69 Å². The first-order valence-electron chi connectivity index (χ1n) is 6.16. The quantitative estimate of drug-likeness (QED) is 0.841. The molecule has 4 heteroatoms. The third-order valence-corrected chi connectivity index (χ3v) is 3.53. The van der Waals surface area contributed by atoms with Crippen molar-refractivity contribution in [1.82, 2.24) is 4.90 Å². The minimum absolute atomic E-state index is 0.119. The van der Waals surface area contributed by atoms with Crippen LogP contribution >= 0.6 is 0 Å². The molecule has 2 aromatic carbocycles. The maximum atomic E-state index is 13.6. The third-order valence-electron chi connectivity index (χ3n) is 3.53. The first kappa shape index (κ1) is 12.1. The van der Waals surface area contributed by atoms with Gasteiger partial charge in [-0.1, -0.05) is 18.2 Å². The van der Waals surface area contributed by atoms with Crippen molar-refractivity contribution < 1.29 is 8.78 Å². The largest absolute Gasteiger partial charge is 0.398 e. The smallest absolute Gasteiger partial charge is 0.130 e. The van der Waals surface area contributed by atoms with Crippen molar-refractivity contribution in [2.75, 3.05) is 5.73 Å². The van der Waals surface area contributed by atoms with Gasteiger partial charge < -0.3 is 5.73 Å². The van der Waals surface area contributed by atoms with Gasteiger partial charge in [0.05, 0.1) is 0 Å². The molecule has 0 saturated heterocycles. The van der Waals surface area contributed by atoms with E-state index in [1.807, 2.05) is 23.1 Å². The molecule has 0 aliphatic carbocycles. The van der Waals surface area contributed by atoms with Gasteiger partial charge in [-0.3, -0.25) is 4.90 Å². The van der Waals surface area contributed by atoms with Gasteiger partial charge >= 0.3 is 0 Å². The molecule has 2 N–H and O–H groups in total. The van der Waals surface area contributed by atoms with E-state index in [9.17, 15) is 8.78 Å². The Morgan fingerprint density at radius 3 is 2.37 bits per heavy atom. The van der Waals surface area contributed by atoms with Gasteiger partial charge in [0.2, 0.25) is 0 Å². The van der Waals surface area contributed by atoms with Crippen molar-refractivity contribution in [3.63, 3.8) is 0 Å². The van der Waals surface area contributed by atoms with Gasteiger partial charge in [-0.05, 0) is 29.3 Å². The minimum Gasteiger partial charge on any atom is -0.398 e. The summed E-state index contributed by atoms with van der Waals surface area (Å²) in [5.41, 5.74) is 8.98. The molecule has 0 bridgehead atoms. The number of hydrogen-bond donors (Lipinski definition) is 1. The molecule has 0 aromatic heterocycles. The average Bonchev–Trinajstić information content (AvgIpc) is 2.78. The summed E-state index contributed by atoms with van der Waals surface area (Å²) in [6.07, 6.45) is 0. The molecule has 0 saturated carbocycles. The predicted octanol–water partition coefficient (Wildman–Crippen LogP) is 3.06. The summed E-state index contributed by atoms with van der Waals surface area (Å²) in [4.78, 5) is 1.99. The maximum Gasteiger partial charge on any atom is 0.130 e. The van der Waals surface area contributed by atoms with E-state index < -0.39 is 11.6 Å². The number of fused-ring (bicyclic) bond motifs is 1. The first-order chi connectivity index (χ1) is 9.15. The number of anilines is 1. The Kier molecular flexibility index (Phi) is 2.95. The lowest BCUT2D eigenvalue weighted by molar-refractivity contribution is 0.266. The zero-order valence-corrected chi connectivity index (χ0v) is 10.4. The molecular formula is C15H14F2N2. The van der Waals surface area contributed by atoms with Crippen LogP contribution in [0, 0.1) is 11.6 Å². The van der Waals surface area contributed by atoms with Gasteiger partial charge in [0.15, 0.2) is 0 Å². The number of halogens is 2. The summed E-state index contributed by atoms with van der Waals surface area (Å²) in [5.74, 6) is -0.993. The zero-order valence-electron chi connectivity index (χ0n) is 10.4. The highest BCUT2D eigenvalue weighted by atomic mass is 19.1. The first-order valence-corrected chi connectivity index (χ1v) is 6.16. The lowest BCUT2D eigenvalue weighted by Crippen LogP contribution is -2.17. The van der Waals surface area contributed by atoms with E-state index in [-0.39, 0.29) is 12.1 Å². The fourth-order valence-corrected chi connectivity index (χ4v) is 2.53. The monoisotopic (exact) mass is 260 g/mol. The van der Waals surface area contributed by atoms with Crippen LogP contribution in [0.25, 0.3) is 0 Å². The van der Waals surface area contributed by atoms with Crippen molar-refractivity contribution in [3.05, 3.63) is 64.7 Å². The van der Waals surface area contributed by atoms with E-state index in [2.05, 4.69) is 0 Å². The Balaban J connectivity index is 1.83. The highest BCUT2D eigenvalue weighted by Crippen LogP contribution is 2.29. The van der Waals surface area contributed by atoms with Crippen LogP contribution in [0.1, 0.15) is 16.7 Å². The number of hydrogen-bond acceptors (Lipinski definition) is 2. The standard InChI is InChI=1S/C15H14F2N2/c16-13-4-2-5-14(17)12(13)9-19-7-10-3-1-6-15(18)11(10)8-19/h1-6H,7-9,18H2. The fourth-order valence-electron chi connectivity index (χ4n) is 2.53. The molecular weight excluding hydrogens is 246 g/mol. The van der Waals surface area contributed by atoms with Crippen molar-refractivity contribution in [1.29, 1.82) is 0 Å². The molecule has 0 unspecified atom stereocenters. The second-order valence-corrected chi connectivity index (χ2v) is 4.83. The van der Waals surface area contributed by atoms with Gasteiger partial charge in [0, 0.05) is 30.9 Å². The zero-order chi connectivity index (χ0) is 13.4. The predicted molar refractivity (Wildman–Crippen MR) is 70.2 cm³/mol. The molecule has 0 radical (unpaired) electrons. The van der Waals surface area contributed by atoms with Crippen molar-refractivity contribution in [3.8, 4) is 0 Å². The van der Waals surface area contributed by atoms with E-state index in [4.69, 9.17) is 5.73 Å². The number of nitrogens with zero attached hydrogens (tertiary/aromatic N) is 1. The second-order valence-electron chi connectivity index (χ2n) is 4.83. The Morgan fingerprint density at radius 2 is 1.68 bits per heavy atom. The molecule has 0 spiro atoms. The average molecular weight is 260 g/mol. The van der Waals surface area contributed by atoms with E-state index in [0.717, 1.165) is 16.8 Å². The summed E-state index contributed by atoms with van der Waals surface area (Å²) in [6.45, 7) is 1.57. The van der Waals surface area contributed by atoms with Gasteiger partial charge in [-0.15, -0.1) is 0 Å². The third kappa shape index (κ3) is 2.19. The lowest BCUT2D eigenvalue weighted by atomic mass is 10.1. The molecule has 1 aliphatic heterocycles. The van der Waals surface area contributed by atoms with Gasteiger partial charge in [0.1, 0.15) is 11.6 Å². The normalized spacial score (nSPS) is 14.6.